The highest BCUT2D eigenvalue weighted by Crippen LogP contribution is 2.13. The molecule has 4 heteroatoms. The van der Waals surface area contributed by atoms with Gasteiger partial charge in [-0.15, -0.1) is 0 Å². The van der Waals surface area contributed by atoms with Crippen LogP contribution < -0.4 is 5.32 Å². The number of carbonyl (C=O) groups is 1. The summed E-state index contributed by atoms with van der Waals surface area (Å²) in [4.78, 5) is 18.5. The number of H-pyrrole nitrogens is 1. The maximum absolute atomic E-state index is 11.7. The van der Waals surface area contributed by atoms with Crippen LogP contribution in [0.1, 0.15) is 103 Å². The molecule has 0 fully saturated rings. The van der Waals surface area contributed by atoms with Gasteiger partial charge in [-0.05, 0) is 6.42 Å². The Labute approximate surface area is 148 Å². The van der Waals surface area contributed by atoms with E-state index in [4.69, 9.17) is 0 Å². The van der Waals surface area contributed by atoms with Crippen molar-refractivity contribution in [1.29, 1.82) is 0 Å². The Hall–Kier alpha value is -1.32. The second-order valence-electron chi connectivity index (χ2n) is 6.83. The molecule has 24 heavy (non-hydrogen) atoms. The smallest absolute Gasteiger partial charge is 0.226 e. The minimum absolute atomic E-state index is 0.0592. The number of hydrogen-bond acceptors (Lipinski definition) is 2. The molecule has 2 N–H and O–H groups in total. The number of carbonyl (C=O) groups excluding carboxylic acids is 1. The molecule has 1 aromatic rings. The van der Waals surface area contributed by atoms with Crippen LogP contribution in [-0.4, -0.2) is 15.9 Å². The number of rotatable bonds is 16. The molecule has 0 saturated heterocycles. The van der Waals surface area contributed by atoms with E-state index in [9.17, 15) is 4.79 Å². The summed E-state index contributed by atoms with van der Waals surface area (Å²) >= 11 is 0. The predicted molar refractivity (Wildman–Crippen MR) is 102 cm³/mol. The van der Waals surface area contributed by atoms with Crippen molar-refractivity contribution in [3.05, 3.63) is 12.4 Å². The fourth-order valence-corrected chi connectivity index (χ4v) is 3.01. The fourth-order valence-electron chi connectivity index (χ4n) is 3.01. The van der Waals surface area contributed by atoms with E-state index in [2.05, 4.69) is 22.2 Å². The average molecular weight is 336 g/mol. The van der Waals surface area contributed by atoms with Gasteiger partial charge in [0.1, 0.15) is 0 Å². The Kier molecular flexibility index (Phi) is 13.1. The van der Waals surface area contributed by atoms with E-state index in [0.717, 1.165) is 12.8 Å². The predicted octanol–water partition coefficient (Wildman–Crippen LogP) is 6.22. The van der Waals surface area contributed by atoms with Gasteiger partial charge in [0.15, 0.2) is 0 Å². The number of hydrogen-bond donors (Lipinski definition) is 2. The molecule has 0 unspecified atom stereocenters. The third-order valence-corrected chi connectivity index (χ3v) is 4.51. The summed E-state index contributed by atoms with van der Waals surface area (Å²) in [5.74, 6) is 0.606. The summed E-state index contributed by atoms with van der Waals surface area (Å²) in [6, 6.07) is 0. The van der Waals surface area contributed by atoms with E-state index in [1.165, 1.54) is 77.0 Å². The van der Waals surface area contributed by atoms with E-state index in [1.807, 2.05) is 0 Å². The van der Waals surface area contributed by atoms with Crippen molar-refractivity contribution in [1.82, 2.24) is 9.97 Å². The summed E-state index contributed by atoms with van der Waals surface area (Å²) in [5.41, 5.74) is 0. The molecule has 1 rings (SSSR count). The Morgan fingerprint density at radius 3 is 1.83 bits per heavy atom. The van der Waals surface area contributed by atoms with Crippen LogP contribution in [0.3, 0.4) is 0 Å². The molecule has 1 aromatic heterocycles. The molecule has 0 aliphatic heterocycles. The fraction of sp³-hybridized carbons (Fsp3) is 0.800. The van der Waals surface area contributed by atoms with Crippen molar-refractivity contribution in [2.24, 2.45) is 0 Å². The summed E-state index contributed by atoms with van der Waals surface area (Å²) in [6.45, 7) is 2.27. The van der Waals surface area contributed by atoms with Gasteiger partial charge in [0.2, 0.25) is 11.9 Å². The zero-order chi connectivity index (χ0) is 17.3. The van der Waals surface area contributed by atoms with Crippen molar-refractivity contribution >= 4 is 11.9 Å². The van der Waals surface area contributed by atoms with Crippen LogP contribution in [0, 0.1) is 0 Å². The van der Waals surface area contributed by atoms with Gasteiger partial charge in [-0.2, -0.15) is 0 Å². The number of aromatic nitrogens is 2. The van der Waals surface area contributed by atoms with Gasteiger partial charge in [-0.25, -0.2) is 4.98 Å². The van der Waals surface area contributed by atoms with Crippen molar-refractivity contribution in [2.75, 3.05) is 5.32 Å². The summed E-state index contributed by atoms with van der Waals surface area (Å²) in [7, 11) is 0. The molecule has 0 bridgehead atoms. The van der Waals surface area contributed by atoms with Gasteiger partial charge in [-0.3, -0.25) is 10.1 Å². The Morgan fingerprint density at radius 2 is 1.38 bits per heavy atom. The number of nitrogens with zero attached hydrogens (tertiary/aromatic N) is 1. The van der Waals surface area contributed by atoms with Gasteiger partial charge in [-0.1, -0.05) is 90.4 Å². The summed E-state index contributed by atoms with van der Waals surface area (Å²) < 4.78 is 0. The highest BCUT2D eigenvalue weighted by molar-refractivity contribution is 5.88. The zero-order valence-electron chi connectivity index (χ0n) is 15.6. The first-order valence-electron chi connectivity index (χ1n) is 10.1. The van der Waals surface area contributed by atoms with Gasteiger partial charge in [0, 0.05) is 18.8 Å². The second-order valence-corrected chi connectivity index (χ2v) is 6.83. The van der Waals surface area contributed by atoms with Gasteiger partial charge in [0.05, 0.1) is 0 Å². The largest absolute Gasteiger partial charge is 0.331 e. The van der Waals surface area contributed by atoms with Crippen molar-refractivity contribution in [2.45, 2.75) is 103 Å². The Balaban J connectivity index is 1.75. The topological polar surface area (TPSA) is 57.8 Å². The van der Waals surface area contributed by atoms with Crippen LogP contribution in [0.5, 0.6) is 0 Å². The second kappa shape index (κ2) is 15.2. The van der Waals surface area contributed by atoms with Crippen LogP contribution >= 0.6 is 0 Å². The number of aromatic amines is 1. The number of anilines is 1. The third kappa shape index (κ3) is 12.1. The molecule has 0 aliphatic rings. The van der Waals surface area contributed by atoms with Gasteiger partial charge >= 0.3 is 0 Å². The molecule has 138 valence electrons. The lowest BCUT2D eigenvalue weighted by atomic mass is 10.0. The SMILES string of the molecule is CCCCCCCCCCCCCCCCC(=O)Nc1ncc[nH]1. The minimum atomic E-state index is 0.0592. The van der Waals surface area contributed by atoms with Crippen molar-refractivity contribution in [3.63, 3.8) is 0 Å². The highest BCUT2D eigenvalue weighted by Gasteiger charge is 2.03. The Morgan fingerprint density at radius 1 is 0.875 bits per heavy atom. The summed E-state index contributed by atoms with van der Waals surface area (Å²) in [5, 5.41) is 2.76. The van der Waals surface area contributed by atoms with Crippen molar-refractivity contribution < 1.29 is 4.79 Å². The van der Waals surface area contributed by atoms with E-state index in [0.29, 0.717) is 12.4 Å². The molecule has 0 atom stereocenters. The Bertz CT molecular complexity index is 390. The molecular formula is C20H37N3O. The first kappa shape index (κ1) is 20.7. The molecule has 0 saturated carbocycles. The van der Waals surface area contributed by atoms with Crippen molar-refractivity contribution in [3.8, 4) is 0 Å². The van der Waals surface area contributed by atoms with E-state index < -0.39 is 0 Å². The standard InChI is InChI=1S/C20H37N3O/c1-2-3-4-5-6-7-8-9-10-11-12-13-14-15-16-19(24)23-20-21-17-18-22-20/h17-18H,2-16H2,1H3,(H2,21,22,23,24). The first-order valence-corrected chi connectivity index (χ1v) is 10.1. The highest BCUT2D eigenvalue weighted by atomic mass is 16.1. The molecule has 0 aliphatic carbocycles. The van der Waals surface area contributed by atoms with Crippen LogP contribution in [0.2, 0.25) is 0 Å². The third-order valence-electron chi connectivity index (χ3n) is 4.51. The normalized spacial score (nSPS) is 10.9. The zero-order valence-corrected chi connectivity index (χ0v) is 15.6. The van der Waals surface area contributed by atoms with E-state index in [-0.39, 0.29) is 5.91 Å². The molecule has 0 aromatic carbocycles. The molecule has 0 radical (unpaired) electrons. The van der Waals surface area contributed by atoms with E-state index >= 15 is 0 Å². The lowest BCUT2D eigenvalue weighted by Crippen LogP contribution is -2.12. The average Bonchev–Trinajstić information content (AvgIpc) is 3.08. The maximum atomic E-state index is 11.7. The number of amides is 1. The first-order chi connectivity index (χ1) is 11.8. The number of nitrogens with one attached hydrogen (secondary N) is 2. The molecule has 4 nitrogen and oxygen atoms in total. The monoisotopic (exact) mass is 335 g/mol. The van der Waals surface area contributed by atoms with Gasteiger partial charge < -0.3 is 4.98 Å². The minimum Gasteiger partial charge on any atom is -0.331 e. The summed E-state index contributed by atoms with van der Waals surface area (Å²) in [6.07, 6.45) is 22.7. The van der Waals surface area contributed by atoms with Crippen LogP contribution in [0.25, 0.3) is 0 Å². The number of imidazole rings is 1. The lowest BCUT2D eigenvalue weighted by molar-refractivity contribution is -0.116. The quantitative estimate of drug-likeness (QED) is 0.352. The molecular weight excluding hydrogens is 298 g/mol. The maximum Gasteiger partial charge on any atom is 0.226 e. The molecule has 1 heterocycles. The number of unbranched alkanes of at least 4 members (excludes halogenated alkanes) is 13. The molecule has 0 spiro atoms. The lowest BCUT2D eigenvalue weighted by Gasteiger charge is -2.04. The van der Waals surface area contributed by atoms with Crippen LogP contribution in [0.15, 0.2) is 12.4 Å². The van der Waals surface area contributed by atoms with Crippen LogP contribution in [-0.2, 0) is 4.79 Å². The molecule has 1 amide bonds. The van der Waals surface area contributed by atoms with Gasteiger partial charge in [0.25, 0.3) is 0 Å². The van der Waals surface area contributed by atoms with Crippen LogP contribution in [0.4, 0.5) is 5.95 Å². The van der Waals surface area contributed by atoms with E-state index in [1.54, 1.807) is 12.4 Å².